The van der Waals surface area contributed by atoms with Crippen LogP contribution in [0, 0.1) is 6.92 Å². The average Bonchev–Trinajstić information content (AvgIpc) is 2.30. The molecule has 0 aromatic carbocycles. The summed E-state index contributed by atoms with van der Waals surface area (Å²) in [6.07, 6.45) is 5.40. The molecule has 1 atom stereocenters. The first-order chi connectivity index (χ1) is 5.29. The highest BCUT2D eigenvalue weighted by atomic mass is 31.0. The lowest BCUT2D eigenvalue weighted by Gasteiger charge is -1.90. The molecule has 2 aromatic heterocycles. The van der Waals surface area contributed by atoms with E-state index in [1.165, 1.54) is 0 Å². The van der Waals surface area contributed by atoms with Crippen molar-refractivity contribution < 1.29 is 0 Å². The maximum absolute atomic E-state index is 4.20. The van der Waals surface area contributed by atoms with Crippen LogP contribution in [-0.2, 0) is 0 Å². The third-order valence-electron chi connectivity index (χ3n) is 1.63. The summed E-state index contributed by atoms with van der Waals surface area (Å²) in [4.78, 5) is 8.39. The van der Waals surface area contributed by atoms with Crippen molar-refractivity contribution in [1.29, 1.82) is 0 Å². The Morgan fingerprint density at radius 2 is 2.09 bits per heavy atom. The Balaban J connectivity index is 2.95. The van der Waals surface area contributed by atoms with Crippen molar-refractivity contribution in [1.82, 2.24) is 14.3 Å². The highest BCUT2D eigenvalue weighted by molar-refractivity contribution is 7.14. The largest absolute Gasteiger partial charge is 0.315 e. The van der Waals surface area contributed by atoms with E-state index < -0.39 is 0 Å². The van der Waals surface area contributed by atoms with Gasteiger partial charge in [-0.05, 0) is 21.9 Å². The normalized spacial score (nSPS) is 10.7. The lowest BCUT2D eigenvalue weighted by molar-refractivity contribution is 1.22. The molecule has 2 aromatic rings. The number of hydrogen-bond donors (Lipinski definition) is 0. The molecule has 0 N–H and O–H groups in total. The van der Waals surface area contributed by atoms with Gasteiger partial charge in [0.15, 0.2) is 5.65 Å². The Bertz CT molecular complexity index is 357. The van der Waals surface area contributed by atoms with Gasteiger partial charge in [0.25, 0.3) is 0 Å². The smallest absolute Gasteiger partial charge is 0.161 e. The summed E-state index contributed by atoms with van der Waals surface area (Å²) < 4.78 is 1.90. The molecule has 0 saturated carbocycles. The van der Waals surface area contributed by atoms with E-state index >= 15 is 0 Å². The first-order valence-electron chi connectivity index (χ1n) is 3.33. The summed E-state index contributed by atoms with van der Waals surface area (Å²) in [7, 11) is 2.58. The Hall–Kier alpha value is -0.950. The van der Waals surface area contributed by atoms with Gasteiger partial charge in [-0.3, -0.25) is 4.98 Å². The van der Waals surface area contributed by atoms with Crippen molar-refractivity contribution in [3.05, 3.63) is 24.2 Å². The molecular formula is C7H8N3P. The molecule has 0 aliphatic heterocycles. The van der Waals surface area contributed by atoms with E-state index in [0.29, 0.717) is 0 Å². The third kappa shape index (κ3) is 0.925. The van der Waals surface area contributed by atoms with E-state index in [-0.39, 0.29) is 0 Å². The zero-order chi connectivity index (χ0) is 7.84. The molecule has 0 radical (unpaired) electrons. The van der Waals surface area contributed by atoms with E-state index in [9.17, 15) is 0 Å². The molecule has 0 saturated heterocycles. The van der Waals surface area contributed by atoms with Gasteiger partial charge >= 0.3 is 0 Å². The van der Waals surface area contributed by atoms with Crippen LogP contribution in [0.2, 0.25) is 0 Å². The molecule has 2 rings (SSSR count). The van der Waals surface area contributed by atoms with Crippen LogP contribution >= 0.6 is 9.39 Å². The van der Waals surface area contributed by atoms with Crippen LogP contribution in [-0.4, -0.2) is 14.3 Å². The van der Waals surface area contributed by atoms with Gasteiger partial charge in [-0.15, -0.1) is 0 Å². The molecule has 0 bridgehead atoms. The van der Waals surface area contributed by atoms with Gasteiger partial charge in [-0.2, -0.15) is 0 Å². The molecule has 0 aliphatic carbocycles. The predicted molar refractivity (Wildman–Crippen MR) is 47.4 cm³/mol. The molecule has 0 amide bonds. The molecule has 0 fully saturated rings. The van der Waals surface area contributed by atoms with Gasteiger partial charge in [0.2, 0.25) is 0 Å². The molecule has 0 aliphatic rings. The van der Waals surface area contributed by atoms with Gasteiger partial charge in [-0.1, -0.05) is 0 Å². The number of rotatable bonds is 0. The van der Waals surface area contributed by atoms with Crippen molar-refractivity contribution >= 4 is 20.6 Å². The van der Waals surface area contributed by atoms with Crippen LogP contribution in [0.15, 0.2) is 18.6 Å². The topological polar surface area (TPSA) is 30.7 Å². The molecule has 56 valence electrons. The number of fused-ring (bicyclic) bond motifs is 1. The first kappa shape index (κ1) is 6.74. The summed E-state index contributed by atoms with van der Waals surface area (Å²) in [5, 5.41) is 0. The molecule has 4 heteroatoms. The van der Waals surface area contributed by atoms with E-state index in [4.69, 9.17) is 0 Å². The zero-order valence-corrected chi connectivity index (χ0v) is 7.31. The Morgan fingerprint density at radius 1 is 1.36 bits per heavy atom. The SMILES string of the molecule is Cc1cn(P)c2nccnc12. The van der Waals surface area contributed by atoms with E-state index in [1.807, 2.05) is 17.5 Å². The summed E-state index contributed by atoms with van der Waals surface area (Å²) in [5.41, 5.74) is 3.04. The summed E-state index contributed by atoms with van der Waals surface area (Å²) >= 11 is 0. The fourth-order valence-electron chi connectivity index (χ4n) is 1.13. The predicted octanol–water partition coefficient (Wildman–Crippen LogP) is 1.38. The quantitative estimate of drug-likeness (QED) is 0.552. The highest BCUT2D eigenvalue weighted by Crippen LogP contribution is 2.16. The minimum absolute atomic E-state index is 0.912. The number of aromatic nitrogens is 3. The molecular weight excluding hydrogens is 157 g/mol. The van der Waals surface area contributed by atoms with E-state index in [0.717, 1.165) is 16.7 Å². The number of nitrogens with zero attached hydrogens (tertiary/aromatic N) is 3. The second-order valence-corrected chi connectivity index (χ2v) is 3.00. The summed E-state index contributed by atoms with van der Waals surface area (Å²) in [6, 6.07) is 0. The van der Waals surface area contributed by atoms with Crippen molar-refractivity contribution in [3.63, 3.8) is 0 Å². The van der Waals surface area contributed by atoms with Gasteiger partial charge in [0.05, 0.1) is 0 Å². The molecule has 0 spiro atoms. The molecule has 3 nitrogen and oxygen atoms in total. The second-order valence-electron chi connectivity index (χ2n) is 2.45. The van der Waals surface area contributed by atoms with Gasteiger partial charge < -0.3 is 4.34 Å². The Morgan fingerprint density at radius 3 is 2.82 bits per heavy atom. The van der Waals surface area contributed by atoms with Crippen molar-refractivity contribution in [3.8, 4) is 0 Å². The van der Waals surface area contributed by atoms with Crippen LogP contribution in [0.3, 0.4) is 0 Å². The van der Waals surface area contributed by atoms with Gasteiger partial charge in [-0.25, -0.2) is 4.98 Å². The third-order valence-corrected chi connectivity index (χ3v) is 2.02. The van der Waals surface area contributed by atoms with Crippen molar-refractivity contribution in [2.75, 3.05) is 0 Å². The monoisotopic (exact) mass is 165 g/mol. The average molecular weight is 165 g/mol. The lowest BCUT2D eigenvalue weighted by Crippen LogP contribution is -1.81. The van der Waals surface area contributed by atoms with Crippen LogP contribution < -0.4 is 0 Å². The minimum Gasteiger partial charge on any atom is -0.315 e. The van der Waals surface area contributed by atoms with Crippen molar-refractivity contribution in [2.24, 2.45) is 0 Å². The van der Waals surface area contributed by atoms with Crippen molar-refractivity contribution in [2.45, 2.75) is 6.92 Å². The van der Waals surface area contributed by atoms with Crippen LogP contribution in [0.25, 0.3) is 11.2 Å². The van der Waals surface area contributed by atoms with E-state index in [2.05, 4.69) is 19.4 Å². The Labute approximate surface area is 66.7 Å². The molecule has 1 unspecified atom stereocenters. The molecule has 2 heterocycles. The van der Waals surface area contributed by atoms with Gasteiger partial charge in [0.1, 0.15) is 5.52 Å². The number of aryl methyl sites for hydroxylation is 1. The van der Waals surface area contributed by atoms with Gasteiger partial charge in [0, 0.05) is 18.6 Å². The maximum Gasteiger partial charge on any atom is 0.161 e. The zero-order valence-electron chi connectivity index (χ0n) is 6.15. The maximum atomic E-state index is 4.20. The minimum atomic E-state index is 0.912. The standard InChI is InChI=1S/C7H8N3P/c1-5-4-10(11)7-6(5)8-2-3-9-7/h2-4H,11H2,1H3. The second kappa shape index (κ2) is 2.28. The van der Waals surface area contributed by atoms with Crippen LogP contribution in [0.5, 0.6) is 0 Å². The Kier molecular flexibility index (Phi) is 1.40. The number of hydrogen-bond acceptors (Lipinski definition) is 2. The molecule has 11 heavy (non-hydrogen) atoms. The summed E-state index contributed by atoms with van der Waals surface area (Å²) in [6.45, 7) is 2.03. The highest BCUT2D eigenvalue weighted by Gasteiger charge is 2.02. The lowest BCUT2D eigenvalue weighted by atomic mass is 10.3. The van der Waals surface area contributed by atoms with E-state index in [1.54, 1.807) is 12.4 Å². The fourth-order valence-corrected chi connectivity index (χ4v) is 1.54. The summed E-state index contributed by atoms with van der Waals surface area (Å²) in [5.74, 6) is 0. The van der Waals surface area contributed by atoms with Crippen LogP contribution in [0.1, 0.15) is 5.56 Å². The fraction of sp³-hybridized carbons (Fsp3) is 0.143. The first-order valence-corrected chi connectivity index (χ1v) is 3.84. The van der Waals surface area contributed by atoms with Crippen LogP contribution in [0.4, 0.5) is 0 Å².